The normalized spacial score (nSPS) is 36.2. The number of hydrogen-bond acceptors (Lipinski definition) is 3. The Labute approximate surface area is 146 Å². The van der Waals surface area contributed by atoms with E-state index in [2.05, 4.69) is 33.8 Å². The second-order valence-corrected chi connectivity index (χ2v) is 8.82. The van der Waals surface area contributed by atoms with E-state index in [4.69, 9.17) is 4.74 Å². The lowest BCUT2D eigenvalue weighted by molar-refractivity contribution is -0.210. The average molecular weight is 335 g/mol. The highest BCUT2D eigenvalue weighted by Gasteiger charge is 2.62. The van der Waals surface area contributed by atoms with Crippen LogP contribution < -0.4 is 0 Å². The summed E-state index contributed by atoms with van der Waals surface area (Å²) < 4.78 is 5.82. The second-order valence-electron chi connectivity index (χ2n) is 8.82. The van der Waals surface area contributed by atoms with Gasteiger partial charge in [-0.1, -0.05) is 25.5 Å². The molecule has 1 N–H and O–H groups in total. The summed E-state index contributed by atoms with van der Waals surface area (Å²) in [5.74, 6) is 0.797. The standard InChI is InChI=1S/C20H33NO3/c1-6-24-16-12-15(22)20(16)7-9-21(10-8-20)18(23)17-14(11-13(2)3)19(17,4)5/h11,14-17,22H,6-10,12H2,1-5H3/t14-,15+,16-,17+/m1/s1. The molecule has 0 radical (unpaired) electrons. The number of carbonyl (C=O) groups is 1. The first-order chi connectivity index (χ1) is 11.2. The molecule has 0 aromatic heterocycles. The molecule has 3 fully saturated rings. The van der Waals surface area contributed by atoms with Crippen molar-refractivity contribution in [1.29, 1.82) is 0 Å². The Bertz CT molecular complexity index is 525. The summed E-state index contributed by atoms with van der Waals surface area (Å²) in [4.78, 5) is 15.0. The van der Waals surface area contributed by atoms with E-state index in [1.54, 1.807) is 0 Å². The zero-order valence-corrected chi connectivity index (χ0v) is 15.8. The van der Waals surface area contributed by atoms with Gasteiger partial charge in [0.2, 0.25) is 5.91 Å². The van der Waals surface area contributed by atoms with Crippen LogP contribution in [0.1, 0.15) is 53.9 Å². The van der Waals surface area contributed by atoms with Crippen LogP contribution >= 0.6 is 0 Å². The van der Waals surface area contributed by atoms with Crippen LogP contribution in [0.15, 0.2) is 11.6 Å². The minimum Gasteiger partial charge on any atom is -0.392 e. The maximum Gasteiger partial charge on any atom is 0.226 e. The largest absolute Gasteiger partial charge is 0.392 e. The highest BCUT2D eigenvalue weighted by molar-refractivity contribution is 5.84. The highest BCUT2D eigenvalue weighted by Crippen LogP contribution is 2.60. The lowest BCUT2D eigenvalue weighted by atomic mass is 9.58. The van der Waals surface area contributed by atoms with Crippen molar-refractivity contribution in [3.8, 4) is 0 Å². The van der Waals surface area contributed by atoms with Crippen LogP contribution in [-0.4, -0.2) is 47.8 Å². The van der Waals surface area contributed by atoms with Gasteiger partial charge in [-0.3, -0.25) is 4.79 Å². The zero-order valence-electron chi connectivity index (χ0n) is 15.8. The molecule has 1 amide bonds. The van der Waals surface area contributed by atoms with Crippen LogP contribution in [0.4, 0.5) is 0 Å². The van der Waals surface area contributed by atoms with Crippen molar-refractivity contribution < 1.29 is 14.6 Å². The van der Waals surface area contributed by atoms with Crippen molar-refractivity contribution >= 4 is 5.91 Å². The van der Waals surface area contributed by atoms with Gasteiger partial charge in [-0.25, -0.2) is 0 Å². The molecule has 136 valence electrons. The van der Waals surface area contributed by atoms with Gasteiger partial charge >= 0.3 is 0 Å². The van der Waals surface area contributed by atoms with E-state index >= 15 is 0 Å². The number of nitrogens with zero attached hydrogens (tertiary/aromatic N) is 1. The number of carbonyl (C=O) groups excluding carboxylic acids is 1. The number of amides is 1. The van der Waals surface area contributed by atoms with Crippen LogP contribution in [0, 0.1) is 22.7 Å². The molecule has 4 heteroatoms. The third-order valence-electron chi connectivity index (χ3n) is 6.81. The first-order valence-electron chi connectivity index (χ1n) is 9.47. The Morgan fingerprint density at radius 3 is 2.42 bits per heavy atom. The molecule has 0 aromatic rings. The lowest BCUT2D eigenvalue weighted by Crippen LogP contribution is -2.62. The van der Waals surface area contributed by atoms with Gasteiger partial charge in [-0.15, -0.1) is 0 Å². The summed E-state index contributed by atoms with van der Waals surface area (Å²) in [6.45, 7) is 12.8. The van der Waals surface area contributed by atoms with E-state index in [9.17, 15) is 9.90 Å². The Morgan fingerprint density at radius 2 is 1.92 bits per heavy atom. The van der Waals surface area contributed by atoms with E-state index in [0.717, 1.165) is 32.4 Å². The van der Waals surface area contributed by atoms with E-state index in [0.29, 0.717) is 18.4 Å². The van der Waals surface area contributed by atoms with E-state index in [1.165, 1.54) is 5.57 Å². The molecule has 1 saturated heterocycles. The van der Waals surface area contributed by atoms with Crippen LogP contribution in [0.5, 0.6) is 0 Å². The number of ether oxygens (including phenoxy) is 1. The van der Waals surface area contributed by atoms with Gasteiger partial charge in [0.15, 0.2) is 0 Å². The van der Waals surface area contributed by atoms with E-state index in [1.807, 2.05) is 11.8 Å². The third kappa shape index (κ3) is 2.72. The van der Waals surface area contributed by atoms with Crippen molar-refractivity contribution in [2.45, 2.75) is 66.1 Å². The average Bonchev–Trinajstić information content (AvgIpc) is 3.06. The molecule has 0 bridgehead atoms. The third-order valence-corrected chi connectivity index (χ3v) is 6.81. The monoisotopic (exact) mass is 335 g/mol. The first-order valence-corrected chi connectivity index (χ1v) is 9.47. The van der Waals surface area contributed by atoms with E-state index in [-0.39, 0.29) is 29.0 Å². The van der Waals surface area contributed by atoms with Crippen LogP contribution in [0.2, 0.25) is 0 Å². The van der Waals surface area contributed by atoms with Gasteiger partial charge in [0, 0.05) is 31.5 Å². The summed E-state index contributed by atoms with van der Waals surface area (Å²) in [6.07, 6.45) is 4.65. The summed E-state index contributed by atoms with van der Waals surface area (Å²) >= 11 is 0. The zero-order chi connectivity index (χ0) is 17.7. The number of allylic oxidation sites excluding steroid dienone is 2. The highest BCUT2D eigenvalue weighted by atomic mass is 16.5. The van der Waals surface area contributed by atoms with Crippen LogP contribution in [0.3, 0.4) is 0 Å². The molecule has 0 aromatic carbocycles. The van der Waals surface area contributed by atoms with Crippen molar-refractivity contribution in [3.63, 3.8) is 0 Å². The van der Waals surface area contributed by atoms with Crippen LogP contribution in [-0.2, 0) is 9.53 Å². The van der Waals surface area contributed by atoms with Crippen molar-refractivity contribution in [3.05, 3.63) is 11.6 Å². The Morgan fingerprint density at radius 1 is 1.29 bits per heavy atom. The number of piperidine rings is 1. The second kappa shape index (κ2) is 6.14. The SMILES string of the molecule is CCO[C@@H]1C[C@H](O)C12CCN(C(=O)[C@@H]1[C@@H](C=C(C)C)C1(C)C)CC2. The fraction of sp³-hybridized carbons (Fsp3) is 0.850. The number of hydrogen-bond donors (Lipinski definition) is 1. The molecule has 1 aliphatic heterocycles. The topological polar surface area (TPSA) is 49.8 Å². The van der Waals surface area contributed by atoms with Gasteiger partial charge in [-0.2, -0.15) is 0 Å². The number of likely N-dealkylation sites (tertiary alicyclic amines) is 1. The quantitative estimate of drug-likeness (QED) is 0.804. The molecule has 2 saturated carbocycles. The summed E-state index contributed by atoms with van der Waals surface area (Å²) in [6, 6.07) is 0. The predicted octanol–water partition coefficient (Wildman–Crippen LogP) is 3.00. The Balaban J connectivity index is 1.61. The molecule has 4 atom stereocenters. The molecule has 2 aliphatic carbocycles. The molecule has 3 rings (SSSR count). The molecule has 1 spiro atoms. The van der Waals surface area contributed by atoms with Crippen molar-refractivity contribution in [1.82, 2.24) is 4.90 Å². The number of aliphatic hydroxyl groups excluding tert-OH is 1. The summed E-state index contributed by atoms with van der Waals surface area (Å²) in [7, 11) is 0. The fourth-order valence-corrected chi connectivity index (χ4v) is 4.98. The molecular formula is C20H33NO3. The smallest absolute Gasteiger partial charge is 0.226 e. The lowest BCUT2D eigenvalue weighted by Gasteiger charge is -2.56. The fourth-order valence-electron chi connectivity index (χ4n) is 4.98. The maximum absolute atomic E-state index is 13.0. The first kappa shape index (κ1) is 17.9. The Kier molecular flexibility index (Phi) is 4.59. The van der Waals surface area contributed by atoms with Crippen molar-refractivity contribution in [2.24, 2.45) is 22.7 Å². The van der Waals surface area contributed by atoms with Gasteiger partial charge in [-0.05, 0) is 44.9 Å². The van der Waals surface area contributed by atoms with Gasteiger partial charge in [0.25, 0.3) is 0 Å². The number of aliphatic hydroxyl groups is 1. The molecule has 4 nitrogen and oxygen atoms in total. The van der Waals surface area contributed by atoms with Crippen LogP contribution in [0.25, 0.3) is 0 Å². The Hall–Kier alpha value is -0.870. The molecule has 0 unspecified atom stereocenters. The number of rotatable bonds is 4. The van der Waals surface area contributed by atoms with E-state index < -0.39 is 0 Å². The maximum atomic E-state index is 13.0. The minimum atomic E-state index is -0.262. The molecule has 24 heavy (non-hydrogen) atoms. The minimum absolute atomic E-state index is 0.0767. The molecular weight excluding hydrogens is 302 g/mol. The predicted molar refractivity (Wildman–Crippen MR) is 94.5 cm³/mol. The van der Waals surface area contributed by atoms with Crippen molar-refractivity contribution in [2.75, 3.05) is 19.7 Å². The van der Waals surface area contributed by atoms with Gasteiger partial charge < -0.3 is 14.7 Å². The van der Waals surface area contributed by atoms with Gasteiger partial charge in [0.05, 0.1) is 18.1 Å². The summed E-state index contributed by atoms with van der Waals surface area (Å²) in [5, 5.41) is 10.3. The van der Waals surface area contributed by atoms with Gasteiger partial charge in [0.1, 0.15) is 0 Å². The summed E-state index contributed by atoms with van der Waals surface area (Å²) in [5.41, 5.74) is 1.26. The molecule has 3 aliphatic rings. The molecule has 1 heterocycles.